The monoisotopic (exact) mass is 258 g/mol. The number of hydrogen-bond acceptors (Lipinski definition) is 5. The molecule has 0 radical (unpaired) electrons. The van der Waals surface area contributed by atoms with Crippen LogP contribution in [0.1, 0.15) is 16.1 Å². The molecule has 2 aromatic rings. The van der Waals surface area contributed by atoms with Crippen LogP contribution in [0.5, 0.6) is 0 Å². The number of ether oxygens (including phenoxy) is 1. The molecule has 0 aliphatic heterocycles. The van der Waals surface area contributed by atoms with Crippen LogP contribution in [0, 0.1) is 0 Å². The van der Waals surface area contributed by atoms with Gasteiger partial charge in [-0.2, -0.15) is 0 Å². The predicted octanol–water partition coefficient (Wildman–Crippen LogP) is 1.46. The van der Waals surface area contributed by atoms with Gasteiger partial charge in [-0.05, 0) is 6.07 Å². The molecule has 0 unspecified atom stereocenters. The molecule has 2 rings (SSSR count). The molecule has 3 N–H and O–H groups in total. The summed E-state index contributed by atoms with van der Waals surface area (Å²) < 4.78 is 5.08. The zero-order valence-electron chi connectivity index (χ0n) is 10.5. The first-order chi connectivity index (χ1) is 9.20. The summed E-state index contributed by atoms with van der Waals surface area (Å²) in [5.74, 6) is -0.152. The molecule has 19 heavy (non-hydrogen) atoms. The lowest BCUT2D eigenvalue weighted by molar-refractivity contribution is 0.102. The highest BCUT2D eigenvalue weighted by Gasteiger charge is 2.10. The quantitative estimate of drug-likeness (QED) is 0.866. The van der Waals surface area contributed by atoms with E-state index in [2.05, 4.69) is 15.3 Å². The van der Waals surface area contributed by atoms with Crippen molar-refractivity contribution in [3.05, 3.63) is 47.9 Å². The Balaban J connectivity index is 2.19. The first kappa shape index (κ1) is 13.0. The van der Waals surface area contributed by atoms with Gasteiger partial charge in [0.2, 0.25) is 0 Å². The third kappa shape index (κ3) is 3.26. The highest BCUT2D eigenvalue weighted by Crippen LogP contribution is 2.16. The summed E-state index contributed by atoms with van der Waals surface area (Å²) >= 11 is 0. The van der Waals surface area contributed by atoms with Crippen molar-refractivity contribution in [2.45, 2.75) is 6.61 Å². The average molecular weight is 258 g/mol. The third-order valence-electron chi connectivity index (χ3n) is 2.45. The Labute approximate surface area is 110 Å². The molecule has 6 nitrogen and oxygen atoms in total. The minimum atomic E-state index is -0.358. The number of nitrogens with two attached hydrogens (primary N) is 1. The SMILES string of the molecule is COCc1ccccc1NC(=O)c1cncc(N)n1. The van der Waals surface area contributed by atoms with Gasteiger partial charge < -0.3 is 15.8 Å². The van der Waals surface area contributed by atoms with Crippen LogP contribution in [0.2, 0.25) is 0 Å². The van der Waals surface area contributed by atoms with Gasteiger partial charge in [-0.25, -0.2) is 4.98 Å². The van der Waals surface area contributed by atoms with Gasteiger partial charge in [-0.3, -0.25) is 9.78 Å². The number of anilines is 2. The van der Waals surface area contributed by atoms with Crippen molar-refractivity contribution in [2.24, 2.45) is 0 Å². The standard InChI is InChI=1S/C13H14N4O2/c1-19-8-9-4-2-3-5-10(9)17-13(18)11-6-15-7-12(14)16-11/h2-7H,8H2,1H3,(H2,14,16)(H,17,18). The number of para-hydroxylation sites is 1. The van der Waals surface area contributed by atoms with E-state index in [0.29, 0.717) is 12.3 Å². The Bertz CT molecular complexity index is 586. The van der Waals surface area contributed by atoms with Crippen LogP contribution in [0.3, 0.4) is 0 Å². The largest absolute Gasteiger partial charge is 0.382 e. The first-order valence-corrected chi connectivity index (χ1v) is 5.66. The fourth-order valence-corrected chi connectivity index (χ4v) is 1.60. The molecule has 0 aliphatic carbocycles. The van der Waals surface area contributed by atoms with Crippen LogP contribution in [-0.4, -0.2) is 23.0 Å². The van der Waals surface area contributed by atoms with Crippen LogP contribution < -0.4 is 11.1 Å². The number of aromatic nitrogens is 2. The molecule has 0 bridgehead atoms. The number of hydrogen-bond donors (Lipinski definition) is 2. The molecule has 0 spiro atoms. The summed E-state index contributed by atoms with van der Waals surface area (Å²) in [6.07, 6.45) is 2.75. The van der Waals surface area contributed by atoms with Crippen molar-refractivity contribution >= 4 is 17.4 Å². The topological polar surface area (TPSA) is 90.1 Å². The zero-order chi connectivity index (χ0) is 13.7. The normalized spacial score (nSPS) is 10.2. The summed E-state index contributed by atoms with van der Waals surface area (Å²) in [6.45, 7) is 0.416. The van der Waals surface area contributed by atoms with E-state index in [9.17, 15) is 4.79 Å². The number of amides is 1. The number of rotatable bonds is 4. The van der Waals surface area contributed by atoms with Gasteiger partial charge in [-0.15, -0.1) is 0 Å². The Hall–Kier alpha value is -2.47. The van der Waals surface area contributed by atoms with Crippen LogP contribution in [0.4, 0.5) is 11.5 Å². The highest BCUT2D eigenvalue weighted by molar-refractivity contribution is 6.03. The molecule has 1 amide bonds. The fraction of sp³-hybridized carbons (Fsp3) is 0.154. The second kappa shape index (κ2) is 5.92. The van der Waals surface area contributed by atoms with Gasteiger partial charge in [0.05, 0.1) is 19.0 Å². The number of nitrogens with zero attached hydrogens (tertiary/aromatic N) is 2. The van der Waals surface area contributed by atoms with E-state index in [0.717, 1.165) is 5.56 Å². The van der Waals surface area contributed by atoms with E-state index < -0.39 is 0 Å². The molecule has 1 aromatic heterocycles. The smallest absolute Gasteiger partial charge is 0.275 e. The van der Waals surface area contributed by atoms with Gasteiger partial charge in [-0.1, -0.05) is 18.2 Å². The molecule has 0 aliphatic rings. The van der Waals surface area contributed by atoms with Crippen LogP contribution in [0.25, 0.3) is 0 Å². The van der Waals surface area contributed by atoms with Gasteiger partial charge in [0.25, 0.3) is 5.91 Å². The van der Waals surface area contributed by atoms with Gasteiger partial charge in [0.1, 0.15) is 11.5 Å². The lowest BCUT2D eigenvalue weighted by Crippen LogP contribution is -2.16. The molecule has 1 aromatic carbocycles. The number of nitrogen functional groups attached to an aromatic ring is 1. The maximum atomic E-state index is 12.0. The Morgan fingerprint density at radius 1 is 1.37 bits per heavy atom. The molecular formula is C13H14N4O2. The summed E-state index contributed by atoms with van der Waals surface area (Å²) in [5.41, 5.74) is 7.23. The van der Waals surface area contributed by atoms with E-state index in [1.54, 1.807) is 13.2 Å². The lowest BCUT2D eigenvalue weighted by Gasteiger charge is -2.10. The first-order valence-electron chi connectivity index (χ1n) is 5.66. The number of methoxy groups -OCH3 is 1. The molecule has 0 fully saturated rings. The minimum absolute atomic E-state index is 0.173. The third-order valence-corrected chi connectivity index (χ3v) is 2.45. The molecule has 0 saturated heterocycles. The van der Waals surface area contributed by atoms with Crippen molar-refractivity contribution < 1.29 is 9.53 Å². The Morgan fingerprint density at radius 2 is 2.16 bits per heavy atom. The highest BCUT2D eigenvalue weighted by atomic mass is 16.5. The van der Waals surface area contributed by atoms with Gasteiger partial charge in [0, 0.05) is 18.4 Å². The van der Waals surface area contributed by atoms with E-state index in [1.807, 2.05) is 18.2 Å². The average Bonchev–Trinajstić information content (AvgIpc) is 2.41. The molecule has 98 valence electrons. The van der Waals surface area contributed by atoms with Gasteiger partial charge in [0.15, 0.2) is 0 Å². The lowest BCUT2D eigenvalue weighted by atomic mass is 10.2. The number of carbonyl (C=O) groups excluding carboxylic acids is 1. The summed E-state index contributed by atoms with van der Waals surface area (Å²) in [6, 6.07) is 7.39. The van der Waals surface area contributed by atoms with Gasteiger partial charge >= 0.3 is 0 Å². The second-order valence-electron chi connectivity index (χ2n) is 3.87. The Kier molecular flexibility index (Phi) is 4.04. The molecule has 1 heterocycles. The molecule has 0 saturated carbocycles. The number of nitrogens with one attached hydrogen (secondary N) is 1. The van der Waals surface area contributed by atoms with Crippen LogP contribution >= 0.6 is 0 Å². The van der Waals surface area contributed by atoms with Crippen molar-refractivity contribution in [3.8, 4) is 0 Å². The van der Waals surface area contributed by atoms with Crippen molar-refractivity contribution in [3.63, 3.8) is 0 Å². The predicted molar refractivity (Wildman–Crippen MR) is 71.6 cm³/mol. The minimum Gasteiger partial charge on any atom is -0.382 e. The molecular weight excluding hydrogens is 244 g/mol. The number of carbonyl (C=O) groups is 1. The second-order valence-corrected chi connectivity index (χ2v) is 3.87. The number of benzene rings is 1. The molecule has 6 heteroatoms. The summed E-state index contributed by atoms with van der Waals surface area (Å²) in [5, 5.41) is 2.76. The Morgan fingerprint density at radius 3 is 2.89 bits per heavy atom. The van der Waals surface area contributed by atoms with E-state index in [-0.39, 0.29) is 17.4 Å². The van der Waals surface area contributed by atoms with E-state index in [1.165, 1.54) is 12.4 Å². The maximum Gasteiger partial charge on any atom is 0.275 e. The maximum absolute atomic E-state index is 12.0. The van der Waals surface area contributed by atoms with Crippen LogP contribution in [-0.2, 0) is 11.3 Å². The zero-order valence-corrected chi connectivity index (χ0v) is 10.5. The summed E-state index contributed by atoms with van der Waals surface area (Å²) in [7, 11) is 1.60. The van der Waals surface area contributed by atoms with Crippen molar-refractivity contribution in [1.29, 1.82) is 0 Å². The van der Waals surface area contributed by atoms with Crippen LogP contribution in [0.15, 0.2) is 36.7 Å². The van der Waals surface area contributed by atoms with E-state index >= 15 is 0 Å². The van der Waals surface area contributed by atoms with Crippen molar-refractivity contribution in [1.82, 2.24) is 9.97 Å². The molecule has 0 atom stereocenters. The van der Waals surface area contributed by atoms with Crippen molar-refractivity contribution in [2.75, 3.05) is 18.2 Å². The van der Waals surface area contributed by atoms with E-state index in [4.69, 9.17) is 10.5 Å². The summed E-state index contributed by atoms with van der Waals surface area (Å²) in [4.78, 5) is 19.8. The fourth-order valence-electron chi connectivity index (χ4n) is 1.60.